The van der Waals surface area contributed by atoms with Gasteiger partial charge < -0.3 is 9.47 Å². The van der Waals surface area contributed by atoms with E-state index in [1.807, 2.05) is 54.6 Å². The summed E-state index contributed by atoms with van der Waals surface area (Å²) in [6.45, 7) is 8.61. The highest BCUT2D eigenvalue weighted by Gasteiger charge is 2.10. The van der Waals surface area contributed by atoms with E-state index in [1.165, 1.54) is 0 Å². The van der Waals surface area contributed by atoms with Gasteiger partial charge in [-0.25, -0.2) is 9.83 Å². The third-order valence-corrected chi connectivity index (χ3v) is 4.90. The van der Waals surface area contributed by atoms with Gasteiger partial charge in [-0.05, 0) is 41.3 Å². The van der Waals surface area contributed by atoms with Crippen molar-refractivity contribution in [1.29, 1.82) is 0 Å². The molecule has 0 atom stereocenters. The summed E-state index contributed by atoms with van der Waals surface area (Å²) < 4.78 is 11.8. The van der Waals surface area contributed by atoms with E-state index < -0.39 is 0 Å². The second-order valence-electron chi connectivity index (χ2n) is 6.32. The van der Waals surface area contributed by atoms with Crippen molar-refractivity contribution in [2.24, 2.45) is 0 Å². The summed E-state index contributed by atoms with van der Waals surface area (Å²) >= 11 is 6.33. The van der Waals surface area contributed by atoms with E-state index in [4.69, 9.17) is 27.6 Å². The van der Waals surface area contributed by atoms with E-state index in [0.29, 0.717) is 42.8 Å². The number of fused-ring (bicyclic) bond motifs is 6. The molecule has 0 aliphatic carbocycles. The summed E-state index contributed by atoms with van der Waals surface area (Å²) in [6.07, 6.45) is 0.701. The van der Waals surface area contributed by atoms with E-state index in [9.17, 15) is 0 Å². The highest BCUT2D eigenvalue weighted by Crippen LogP contribution is 2.27. The summed E-state index contributed by atoms with van der Waals surface area (Å²) in [6, 6.07) is 17.2. The molecule has 4 nitrogen and oxygen atoms in total. The van der Waals surface area contributed by atoms with Gasteiger partial charge in [0.15, 0.2) is 5.69 Å². The average Bonchev–Trinajstić information content (AvgIpc) is 2.71. The van der Waals surface area contributed by atoms with Crippen LogP contribution in [0.2, 0.25) is 5.02 Å². The Morgan fingerprint density at radius 2 is 1.89 bits per heavy atom. The SMILES string of the molecule is [C-]#[N+]c1ccc2c(c1)CCOCc1cc(ccc1Cl)-c1cccc(n1)OC2. The molecule has 1 aliphatic rings. The Hall–Kier alpha value is -2.87. The third-order valence-electron chi connectivity index (χ3n) is 4.53. The largest absolute Gasteiger partial charge is 0.473 e. The lowest BCUT2D eigenvalue weighted by atomic mass is 10.0. The number of benzene rings is 2. The predicted octanol–water partition coefficient (Wildman–Crippen LogP) is 5.60. The van der Waals surface area contributed by atoms with Crippen molar-refractivity contribution in [3.05, 3.63) is 87.7 Å². The Bertz CT molecular complexity index is 1030. The fourth-order valence-corrected chi connectivity index (χ4v) is 3.24. The fourth-order valence-electron chi connectivity index (χ4n) is 3.07. The molecule has 4 bridgehead atoms. The standard InChI is InChI=1S/C22H17ClN2O2/c1-24-19-7-5-17-14-27-22-4-2-3-21(25-22)16-6-8-20(23)18(11-16)13-26-10-9-15(17)12-19/h2-8,11-12H,9-10,13-14H2. The molecule has 0 saturated heterocycles. The van der Waals surface area contributed by atoms with Crippen molar-refractivity contribution in [2.75, 3.05) is 6.61 Å². The number of hydrogen-bond donors (Lipinski definition) is 0. The average molecular weight is 377 g/mol. The van der Waals surface area contributed by atoms with Crippen molar-refractivity contribution in [1.82, 2.24) is 4.98 Å². The van der Waals surface area contributed by atoms with Gasteiger partial charge in [0.1, 0.15) is 6.61 Å². The molecule has 0 saturated carbocycles. The molecule has 1 aliphatic heterocycles. The van der Waals surface area contributed by atoms with Gasteiger partial charge in [-0.3, -0.25) is 0 Å². The van der Waals surface area contributed by atoms with E-state index in [0.717, 1.165) is 27.9 Å². The minimum absolute atomic E-state index is 0.399. The van der Waals surface area contributed by atoms with Crippen molar-refractivity contribution in [2.45, 2.75) is 19.6 Å². The van der Waals surface area contributed by atoms with E-state index >= 15 is 0 Å². The lowest BCUT2D eigenvalue weighted by molar-refractivity contribution is 0.123. The Morgan fingerprint density at radius 1 is 0.963 bits per heavy atom. The van der Waals surface area contributed by atoms with Crippen LogP contribution in [0.1, 0.15) is 16.7 Å². The van der Waals surface area contributed by atoms with E-state index in [1.54, 1.807) is 0 Å². The number of pyridine rings is 1. The van der Waals surface area contributed by atoms with Crippen LogP contribution in [0.3, 0.4) is 0 Å². The Morgan fingerprint density at radius 3 is 2.78 bits per heavy atom. The topological polar surface area (TPSA) is 35.7 Å². The Balaban J connectivity index is 1.73. The third kappa shape index (κ3) is 3.95. The molecule has 0 fully saturated rings. The van der Waals surface area contributed by atoms with Gasteiger partial charge in [0, 0.05) is 16.7 Å². The summed E-state index contributed by atoms with van der Waals surface area (Å²) in [7, 11) is 0. The summed E-state index contributed by atoms with van der Waals surface area (Å²) in [4.78, 5) is 8.14. The lowest BCUT2D eigenvalue weighted by Crippen LogP contribution is -2.06. The number of nitrogens with zero attached hydrogens (tertiary/aromatic N) is 2. The highest BCUT2D eigenvalue weighted by molar-refractivity contribution is 6.31. The van der Waals surface area contributed by atoms with Crippen LogP contribution in [-0.2, 0) is 24.4 Å². The van der Waals surface area contributed by atoms with E-state index in [-0.39, 0.29) is 0 Å². The number of aromatic nitrogens is 1. The second-order valence-corrected chi connectivity index (χ2v) is 6.73. The predicted molar refractivity (Wildman–Crippen MR) is 105 cm³/mol. The van der Waals surface area contributed by atoms with E-state index in [2.05, 4.69) is 9.83 Å². The van der Waals surface area contributed by atoms with Gasteiger partial charge in [0.2, 0.25) is 5.88 Å². The molecular weight excluding hydrogens is 360 g/mol. The molecule has 0 unspecified atom stereocenters. The van der Waals surface area contributed by atoms with Crippen LogP contribution in [0.15, 0.2) is 54.6 Å². The smallest absolute Gasteiger partial charge is 0.214 e. The van der Waals surface area contributed by atoms with Crippen LogP contribution >= 0.6 is 11.6 Å². The molecule has 3 aromatic rings. The first kappa shape index (κ1) is 17.5. The maximum Gasteiger partial charge on any atom is 0.214 e. The maximum absolute atomic E-state index is 7.24. The van der Waals surface area contributed by atoms with Crippen molar-refractivity contribution in [3.8, 4) is 17.1 Å². The molecular formula is C22H17ClN2O2. The molecule has 27 heavy (non-hydrogen) atoms. The van der Waals surface area contributed by atoms with Crippen LogP contribution < -0.4 is 4.74 Å². The number of hydrogen-bond acceptors (Lipinski definition) is 3. The summed E-state index contributed by atoms with van der Waals surface area (Å²) in [5.41, 5.74) is 5.43. The Kier molecular flexibility index (Phi) is 5.06. The number of ether oxygens (including phenoxy) is 2. The van der Waals surface area contributed by atoms with Gasteiger partial charge in [0.05, 0.1) is 25.5 Å². The summed E-state index contributed by atoms with van der Waals surface area (Å²) in [5, 5.41) is 0.675. The molecule has 0 amide bonds. The van der Waals surface area contributed by atoms with Crippen LogP contribution in [0.25, 0.3) is 16.1 Å². The molecule has 2 heterocycles. The van der Waals surface area contributed by atoms with Crippen molar-refractivity contribution < 1.29 is 9.47 Å². The fraction of sp³-hybridized carbons (Fsp3) is 0.182. The van der Waals surface area contributed by atoms with Gasteiger partial charge in [-0.2, -0.15) is 0 Å². The van der Waals surface area contributed by atoms with Crippen LogP contribution in [0.5, 0.6) is 5.88 Å². The second kappa shape index (κ2) is 7.79. The first-order valence-electron chi connectivity index (χ1n) is 8.68. The summed E-state index contributed by atoms with van der Waals surface area (Å²) in [5.74, 6) is 0.567. The minimum Gasteiger partial charge on any atom is -0.473 e. The van der Waals surface area contributed by atoms with Crippen LogP contribution in [-0.4, -0.2) is 11.6 Å². The zero-order valence-electron chi connectivity index (χ0n) is 14.6. The first-order valence-corrected chi connectivity index (χ1v) is 9.06. The normalized spacial score (nSPS) is 13.6. The van der Waals surface area contributed by atoms with Gasteiger partial charge in [0.25, 0.3) is 0 Å². The zero-order chi connectivity index (χ0) is 18.6. The first-order chi connectivity index (χ1) is 13.2. The quantitative estimate of drug-likeness (QED) is 0.479. The van der Waals surface area contributed by atoms with Gasteiger partial charge in [-0.1, -0.05) is 41.9 Å². The molecule has 0 radical (unpaired) electrons. The van der Waals surface area contributed by atoms with Crippen molar-refractivity contribution in [3.63, 3.8) is 0 Å². The Labute approximate surface area is 163 Å². The number of rotatable bonds is 0. The minimum atomic E-state index is 0.399. The zero-order valence-corrected chi connectivity index (χ0v) is 15.4. The molecule has 0 N–H and O–H groups in total. The molecule has 0 spiro atoms. The van der Waals surface area contributed by atoms with Crippen molar-refractivity contribution >= 4 is 17.3 Å². The molecule has 134 valence electrons. The lowest BCUT2D eigenvalue weighted by Gasteiger charge is -2.14. The molecule has 4 rings (SSSR count). The molecule has 2 aromatic carbocycles. The highest BCUT2D eigenvalue weighted by atomic mass is 35.5. The van der Waals surface area contributed by atoms with Crippen LogP contribution in [0, 0.1) is 6.57 Å². The molecule has 5 heteroatoms. The monoisotopic (exact) mass is 376 g/mol. The van der Waals surface area contributed by atoms with Gasteiger partial charge >= 0.3 is 0 Å². The molecule has 1 aromatic heterocycles. The number of halogens is 1. The van der Waals surface area contributed by atoms with Gasteiger partial charge in [-0.15, -0.1) is 0 Å². The van der Waals surface area contributed by atoms with Crippen LogP contribution in [0.4, 0.5) is 5.69 Å². The maximum atomic E-state index is 7.24.